The number of carbonyl (C=O) groups excluding carboxylic acids is 1. The van der Waals surface area contributed by atoms with E-state index in [0.29, 0.717) is 6.42 Å². The molecular formula is C13H22N2O3. The fourth-order valence-corrected chi connectivity index (χ4v) is 2.38. The summed E-state index contributed by atoms with van der Waals surface area (Å²) < 4.78 is 11.1. The molecule has 0 aromatic heterocycles. The lowest BCUT2D eigenvalue weighted by Gasteiger charge is -2.39. The Kier molecular flexibility index (Phi) is 4.04. The summed E-state index contributed by atoms with van der Waals surface area (Å²) >= 11 is 0. The predicted molar refractivity (Wildman–Crippen MR) is 68.1 cm³/mol. The van der Waals surface area contributed by atoms with Crippen LogP contribution in [0.4, 0.5) is 0 Å². The van der Waals surface area contributed by atoms with Gasteiger partial charge in [0.05, 0.1) is 5.70 Å². The number of ether oxygens (including phenoxy) is 2. The second-order valence-corrected chi connectivity index (χ2v) is 4.87. The van der Waals surface area contributed by atoms with Crippen molar-refractivity contribution in [2.24, 2.45) is 0 Å². The normalized spacial score (nSPS) is 33.5. The van der Waals surface area contributed by atoms with Gasteiger partial charge in [0.15, 0.2) is 5.79 Å². The van der Waals surface area contributed by atoms with Crippen LogP contribution < -0.4 is 5.32 Å². The molecule has 0 aromatic carbocycles. The molecule has 0 aromatic rings. The number of Topliss-reactive ketones (excluding diaryl/α,β-unsaturated/α-hetero) is 1. The Balaban J connectivity index is 2.26. The Hall–Kier alpha value is -0.910. The minimum atomic E-state index is -0.797. The minimum absolute atomic E-state index is 0.0777. The van der Waals surface area contributed by atoms with Crippen molar-refractivity contribution in [1.82, 2.24) is 10.2 Å². The molecule has 0 saturated carbocycles. The van der Waals surface area contributed by atoms with Crippen molar-refractivity contribution in [2.75, 3.05) is 33.3 Å². The average Bonchev–Trinajstić information content (AvgIpc) is 2.42. The SMILES string of the molecule is CCC1OC(C)(OC)C=C(N2CCNCC2)C1=O. The first kappa shape index (κ1) is 13.5. The first-order valence-electron chi connectivity index (χ1n) is 6.55. The molecule has 1 N–H and O–H groups in total. The third-order valence-corrected chi connectivity index (χ3v) is 3.55. The van der Waals surface area contributed by atoms with E-state index in [2.05, 4.69) is 10.2 Å². The largest absolute Gasteiger partial charge is 0.366 e. The number of nitrogens with zero attached hydrogens (tertiary/aromatic N) is 1. The average molecular weight is 254 g/mol. The Morgan fingerprint density at radius 2 is 2.22 bits per heavy atom. The van der Waals surface area contributed by atoms with E-state index in [-0.39, 0.29) is 5.78 Å². The van der Waals surface area contributed by atoms with Gasteiger partial charge in [-0.15, -0.1) is 0 Å². The number of nitrogens with one attached hydrogen (secondary N) is 1. The first-order valence-corrected chi connectivity index (χ1v) is 6.55. The predicted octanol–water partition coefficient (Wildman–Crippen LogP) is 0.516. The Morgan fingerprint density at radius 1 is 1.56 bits per heavy atom. The van der Waals surface area contributed by atoms with Crippen molar-refractivity contribution in [3.8, 4) is 0 Å². The zero-order chi connectivity index (χ0) is 13.2. The maximum Gasteiger partial charge on any atom is 0.207 e. The highest BCUT2D eigenvalue weighted by Gasteiger charge is 2.39. The Labute approximate surface area is 108 Å². The molecule has 2 heterocycles. The van der Waals surface area contributed by atoms with E-state index in [1.165, 1.54) is 0 Å². The van der Waals surface area contributed by atoms with Gasteiger partial charge in [-0.1, -0.05) is 6.92 Å². The number of carbonyl (C=O) groups is 1. The molecule has 1 fully saturated rings. The van der Waals surface area contributed by atoms with Crippen LogP contribution in [0.5, 0.6) is 0 Å². The first-order chi connectivity index (χ1) is 8.59. The van der Waals surface area contributed by atoms with Gasteiger partial charge >= 0.3 is 0 Å². The maximum absolute atomic E-state index is 12.3. The highest BCUT2D eigenvalue weighted by atomic mass is 16.7. The second-order valence-electron chi connectivity index (χ2n) is 4.87. The van der Waals surface area contributed by atoms with Gasteiger partial charge in [0, 0.05) is 39.4 Å². The summed E-state index contributed by atoms with van der Waals surface area (Å²) in [6.07, 6.45) is 2.08. The minimum Gasteiger partial charge on any atom is -0.366 e. The van der Waals surface area contributed by atoms with Crippen LogP contribution in [0.2, 0.25) is 0 Å². The van der Waals surface area contributed by atoms with Crippen molar-refractivity contribution < 1.29 is 14.3 Å². The second kappa shape index (κ2) is 5.38. The summed E-state index contributed by atoms with van der Waals surface area (Å²) in [5, 5.41) is 3.29. The maximum atomic E-state index is 12.3. The molecule has 0 aliphatic carbocycles. The molecule has 2 aliphatic heterocycles. The molecule has 2 atom stereocenters. The monoisotopic (exact) mass is 254 g/mol. The van der Waals surface area contributed by atoms with E-state index in [0.717, 1.165) is 31.9 Å². The zero-order valence-corrected chi connectivity index (χ0v) is 11.4. The van der Waals surface area contributed by atoms with Crippen molar-refractivity contribution in [3.05, 3.63) is 11.8 Å². The van der Waals surface area contributed by atoms with E-state index >= 15 is 0 Å². The Bertz CT molecular complexity index is 350. The van der Waals surface area contributed by atoms with Crippen molar-refractivity contribution in [1.29, 1.82) is 0 Å². The van der Waals surface area contributed by atoms with Gasteiger partial charge in [0.25, 0.3) is 0 Å². The highest BCUT2D eigenvalue weighted by molar-refractivity contribution is 5.99. The number of ketones is 1. The number of hydrogen-bond donors (Lipinski definition) is 1. The summed E-state index contributed by atoms with van der Waals surface area (Å²) in [4.78, 5) is 14.5. The van der Waals surface area contributed by atoms with E-state index < -0.39 is 11.9 Å². The standard InChI is InChI=1S/C13H22N2O3/c1-4-11-12(16)10(9-13(2,17-3)18-11)15-7-5-14-6-8-15/h9,11,14H,4-8H2,1-3H3. The molecule has 0 amide bonds. The molecule has 1 saturated heterocycles. The molecule has 2 rings (SSSR count). The molecule has 0 radical (unpaired) electrons. The summed E-state index contributed by atoms with van der Waals surface area (Å²) in [6, 6.07) is 0. The van der Waals surface area contributed by atoms with Crippen molar-refractivity contribution >= 4 is 5.78 Å². The molecule has 0 bridgehead atoms. The van der Waals surface area contributed by atoms with Crippen LogP contribution in [0.25, 0.3) is 0 Å². The van der Waals surface area contributed by atoms with Gasteiger partial charge in [-0.2, -0.15) is 0 Å². The van der Waals surface area contributed by atoms with Crippen molar-refractivity contribution in [2.45, 2.75) is 32.2 Å². The van der Waals surface area contributed by atoms with Crippen LogP contribution in [-0.2, 0) is 14.3 Å². The van der Waals surface area contributed by atoms with Crippen molar-refractivity contribution in [3.63, 3.8) is 0 Å². The molecule has 2 aliphatic rings. The zero-order valence-electron chi connectivity index (χ0n) is 11.4. The smallest absolute Gasteiger partial charge is 0.207 e. The van der Waals surface area contributed by atoms with Crippen LogP contribution in [0.15, 0.2) is 11.8 Å². The number of rotatable bonds is 3. The molecule has 5 heteroatoms. The fourth-order valence-electron chi connectivity index (χ4n) is 2.38. The summed E-state index contributed by atoms with van der Waals surface area (Å²) in [5.41, 5.74) is 0.749. The lowest BCUT2D eigenvalue weighted by molar-refractivity contribution is -0.210. The summed E-state index contributed by atoms with van der Waals surface area (Å²) in [6.45, 7) is 7.34. The van der Waals surface area contributed by atoms with Gasteiger partial charge < -0.3 is 19.7 Å². The van der Waals surface area contributed by atoms with Gasteiger partial charge in [-0.3, -0.25) is 4.79 Å². The van der Waals surface area contributed by atoms with E-state index in [1.54, 1.807) is 7.11 Å². The van der Waals surface area contributed by atoms with Crippen LogP contribution >= 0.6 is 0 Å². The third kappa shape index (κ3) is 2.58. The summed E-state index contributed by atoms with van der Waals surface area (Å²) in [7, 11) is 1.61. The van der Waals surface area contributed by atoms with E-state index in [1.807, 2.05) is 19.9 Å². The number of methoxy groups -OCH3 is 1. The third-order valence-electron chi connectivity index (χ3n) is 3.55. The highest BCUT2D eigenvalue weighted by Crippen LogP contribution is 2.28. The lowest BCUT2D eigenvalue weighted by Crippen LogP contribution is -2.50. The molecule has 5 nitrogen and oxygen atoms in total. The molecular weight excluding hydrogens is 232 g/mol. The van der Waals surface area contributed by atoms with Crippen LogP contribution in [-0.4, -0.2) is 55.9 Å². The molecule has 2 unspecified atom stereocenters. The van der Waals surface area contributed by atoms with Gasteiger partial charge in [0.2, 0.25) is 5.78 Å². The van der Waals surface area contributed by atoms with Gasteiger partial charge in [-0.05, 0) is 13.3 Å². The van der Waals surface area contributed by atoms with Gasteiger partial charge in [0.1, 0.15) is 6.10 Å². The Morgan fingerprint density at radius 3 is 2.78 bits per heavy atom. The lowest BCUT2D eigenvalue weighted by atomic mass is 10.0. The number of piperazine rings is 1. The summed E-state index contributed by atoms with van der Waals surface area (Å²) in [5.74, 6) is -0.719. The topological polar surface area (TPSA) is 50.8 Å². The van der Waals surface area contributed by atoms with E-state index in [9.17, 15) is 4.79 Å². The molecule has 102 valence electrons. The quantitative estimate of drug-likeness (QED) is 0.795. The molecule has 18 heavy (non-hydrogen) atoms. The van der Waals surface area contributed by atoms with E-state index in [4.69, 9.17) is 9.47 Å². The fraction of sp³-hybridized carbons (Fsp3) is 0.769. The van der Waals surface area contributed by atoms with Crippen LogP contribution in [0, 0.1) is 0 Å². The van der Waals surface area contributed by atoms with Gasteiger partial charge in [-0.25, -0.2) is 0 Å². The molecule has 0 spiro atoms. The number of hydrogen-bond acceptors (Lipinski definition) is 5. The van der Waals surface area contributed by atoms with Crippen LogP contribution in [0.1, 0.15) is 20.3 Å². The van der Waals surface area contributed by atoms with Crippen LogP contribution in [0.3, 0.4) is 0 Å².